The van der Waals surface area contributed by atoms with Gasteiger partial charge in [-0.2, -0.15) is 0 Å². The molecule has 0 unspecified atom stereocenters. The number of anilines is 1. The SMILES string of the molecule is CCNc1c2c(nc3c(OC)cccc13)CCCC2. The van der Waals surface area contributed by atoms with Crippen LogP contribution in [0, 0.1) is 0 Å². The van der Waals surface area contributed by atoms with Gasteiger partial charge in [0, 0.05) is 23.3 Å². The third-order valence-electron chi connectivity index (χ3n) is 3.83. The zero-order chi connectivity index (χ0) is 13.2. The van der Waals surface area contributed by atoms with Gasteiger partial charge in [-0.15, -0.1) is 0 Å². The Balaban J connectivity index is 2.31. The number of nitrogens with one attached hydrogen (secondary N) is 1. The zero-order valence-electron chi connectivity index (χ0n) is 11.6. The molecular weight excluding hydrogens is 236 g/mol. The lowest BCUT2D eigenvalue weighted by molar-refractivity contribution is 0.418. The highest BCUT2D eigenvalue weighted by molar-refractivity contribution is 5.96. The molecule has 0 fully saturated rings. The molecule has 1 heterocycles. The molecule has 0 saturated carbocycles. The van der Waals surface area contributed by atoms with Crippen molar-refractivity contribution >= 4 is 16.6 Å². The molecule has 19 heavy (non-hydrogen) atoms. The normalized spacial score (nSPS) is 14.2. The van der Waals surface area contributed by atoms with Crippen molar-refractivity contribution < 1.29 is 4.74 Å². The number of ether oxygens (including phenoxy) is 1. The molecular formula is C16H20N2O. The van der Waals surface area contributed by atoms with Crippen LogP contribution in [0.5, 0.6) is 5.75 Å². The first-order valence-corrected chi connectivity index (χ1v) is 7.07. The smallest absolute Gasteiger partial charge is 0.145 e. The summed E-state index contributed by atoms with van der Waals surface area (Å²) in [6.07, 6.45) is 4.73. The summed E-state index contributed by atoms with van der Waals surface area (Å²) in [7, 11) is 1.71. The summed E-state index contributed by atoms with van der Waals surface area (Å²) in [4.78, 5) is 4.86. The minimum Gasteiger partial charge on any atom is -0.494 e. The molecule has 1 aliphatic rings. The predicted octanol–water partition coefficient (Wildman–Crippen LogP) is 3.55. The molecule has 3 heteroatoms. The first-order chi connectivity index (χ1) is 9.35. The summed E-state index contributed by atoms with van der Waals surface area (Å²) in [5, 5.41) is 4.72. The first kappa shape index (κ1) is 12.3. The summed E-state index contributed by atoms with van der Waals surface area (Å²) in [5.41, 5.74) is 4.91. The van der Waals surface area contributed by atoms with Crippen LogP contribution >= 0.6 is 0 Å². The minimum atomic E-state index is 0.866. The summed E-state index contributed by atoms with van der Waals surface area (Å²) >= 11 is 0. The molecule has 0 atom stereocenters. The van der Waals surface area contributed by atoms with Crippen LogP contribution < -0.4 is 10.1 Å². The topological polar surface area (TPSA) is 34.2 Å². The van der Waals surface area contributed by atoms with Crippen molar-refractivity contribution in [1.29, 1.82) is 0 Å². The van der Waals surface area contributed by atoms with Crippen molar-refractivity contribution in [3.05, 3.63) is 29.5 Å². The Bertz CT molecular complexity index is 607. The number of pyridine rings is 1. The van der Waals surface area contributed by atoms with Crippen molar-refractivity contribution in [2.24, 2.45) is 0 Å². The van der Waals surface area contributed by atoms with Crippen LogP contribution in [0.2, 0.25) is 0 Å². The Morgan fingerprint density at radius 3 is 2.89 bits per heavy atom. The van der Waals surface area contributed by atoms with Crippen LogP contribution in [-0.4, -0.2) is 18.6 Å². The van der Waals surface area contributed by atoms with Gasteiger partial charge in [-0.1, -0.05) is 12.1 Å². The average molecular weight is 256 g/mol. The Labute approximate surface area is 114 Å². The first-order valence-electron chi connectivity index (χ1n) is 7.07. The van der Waals surface area contributed by atoms with Gasteiger partial charge in [-0.3, -0.25) is 0 Å². The number of rotatable bonds is 3. The number of fused-ring (bicyclic) bond motifs is 2. The number of benzene rings is 1. The molecule has 0 aliphatic heterocycles. The van der Waals surface area contributed by atoms with E-state index in [0.717, 1.165) is 30.7 Å². The van der Waals surface area contributed by atoms with E-state index in [-0.39, 0.29) is 0 Å². The van der Waals surface area contributed by atoms with Gasteiger partial charge >= 0.3 is 0 Å². The maximum absolute atomic E-state index is 5.46. The average Bonchev–Trinajstić information content (AvgIpc) is 2.46. The molecule has 3 rings (SSSR count). The molecule has 1 aromatic heterocycles. The van der Waals surface area contributed by atoms with Crippen molar-refractivity contribution in [2.45, 2.75) is 32.6 Å². The second-order valence-electron chi connectivity index (χ2n) is 5.01. The van der Waals surface area contributed by atoms with Crippen LogP contribution in [0.3, 0.4) is 0 Å². The summed E-state index contributed by atoms with van der Waals surface area (Å²) < 4.78 is 5.46. The fraction of sp³-hybridized carbons (Fsp3) is 0.438. The number of hydrogen-bond acceptors (Lipinski definition) is 3. The Morgan fingerprint density at radius 1 is 1.26 bits per heavy atom. The third kappa shape index (κ3) is 2.03. The number of nitrogens with zero attached hydrogens (tertiary/aromatic N) is 1. The highest BCUT2D eigenvalue weighted by atomic mass is 16.5. The van der Waals surface area contributed by atoms with E-state index in [1.165, 1.54) is 35.2 Å². The second kappa shape index (κ2) is 5.08. The van der Waals surface area contributed by atoms with Crippen LogP contribution in [0.1, 0.15) is 31.0 Å². The van der Waals surface area contributed by atoms with Crippen LogP contribution in [0.25, 0.3) is 10.9 Å². The lowest BCUT2D eigenvalue weighted by atomic mass is 9.92. The lowest BCUT2D eigenvalue weighted by Gasteiger charge is -2.21. The van der Waals surface area contributed by atoms with E-state index in [0.29, 0.717) is 0 Å². The zero-order valence-corrected chi connectivity index (χ0v) is 11.6. The van der Waals surface area contributed by atoms with Gasteiger partial charge < -0.3 is 10.1 Å². The fourth-order valence-corrected chi connectivity index (χ4v) is 2.96. The molecule has 0 bridgehead atoms. The van der Waals surface area contributed by atoms with E-state index in [1.54, 1.807) is 7.11 Å². The quantitative estimate of drug-likeness (QED) is 0.911. The lowest BCUT2D eigenvalue weighted by Crippen LogP contribution is -2.11. The molecule has 1 N–H and O–H groups in total. The highest BCUT2D eigenvalue weighted by Gasteiger charge is 2.19. The molecule has 0 radical (unpaired) electrons. The number of methoxy groups -OCH3 is 1. The van der Waals surface area contributed by atoms with Crippen molar-refractivity contribution in [3.63, 3.8) is 0 Å². The monoisotopic (exact) mass is 256 g/mol. The van der Waals surface area contributed by atoms with E-state index in [1.807, 2.05) is 12.1 Å². The number of para-hydroxylation sites is 1. The minimum absolute atomic E-state index is 0.866. The molecule has 1 aromatic carbocycles. The molecule has 1 aliphatic carbocycles. The van der Waals surface area contributed by atoms with E-state index < -0.39 is 0 Å². The number of aryl methyl sites for hydroxylation is 1. The fourth-order valence-electron chi connectivity index (χ4n) is 2.96. The van der Waals surface area contributed by atoms with E-state index in [9.17, 15) is 0 Å². The van der Waals surface area contributed by atoms with Gasteiger partial charge in [-0.25, -0.2) is 4.98 Å². The maximum Gasteiger partial charge on any atom is 0.145 e. The number of aromatic nitrogens is 1. The molecule has 2 aromatic rings. The second-order valence-corrected chi connectivity index (χ2v) is 5.01. The van der Waals surface area contributed by atoms with Gasteiger partial charge in [0.2, 0.25) is 0 Å². The molecule has 0 spiro atoms. The summed E-state index contributed by atoms with van der Waals surface area (Å²) in [6.45, 7) is 3.07. The van der Waals surface area contributed by atoms with Crippen LogP contribution in [-0.2, 0) is 12.8 Å². The van der Waals surface area contributed by atoms with Crippen molar-refractivity contribution in [2.75, 3.05) is 19.0 Å². The van der Waals surface area contributed by atoms with Gasteiger partial charge in [0.15, 0.2) is 0 Å². The Morgan fingerprint density at radius 2 is 2.11 bits per heavy atom. The Hall–Kier alpha value is -1.77. The highest BCUT2D eigenvalue weighted by Crippen LogP contribution is 2.36. The van der Waals surface area contributed by atoms with Crippen molar-refractivity contribution in [3.8, 4) is 5.75 Å². The standard InChI is InChI=1S/C16H20N2O/c1-3-17-15-11-7-4-5-9-13(11)18-16-12(15)8-6-10-14(16)19-2/h6,8,10H,3-5,7,9H2,1-2H3,(H,17,18). The largest absolute Gasteiger partial charge is 0.494 e. The van der Waals surface area contributed by atoms with Crippen molar-refractivity contribution in [1.82, 2.24) is 4.98 Å². The molecule has 0 amide bonds. The van der Waals surface area contributed by atoms with Gasteiger partial charge in [-0.05, 0) is 44.2 Å². The summed E-state index contributed by atoms with van der Waals surface area (Å²) in [5.74, 6) is 0.866. The number of hydrogen-bond donors (Lipinski definition) is 1. The van der Waals surface area contributed by atoms with E-state index >= 15 is 0 Å². The van der Waals surface area contributed by atoms with Crippen LogP contribution in [0.15, 0.2) is 18.2 Å². The molecule has 0 saturated heterocycles. The van der Waals surface area contributed by atoms with E-state index in [4.69, 9.17) is 9.72 Å². The third-order valence-corrected chi connectivity index (χ3v) is 3.83. The molecule has 3 nitrogen and oxygen atoms in total. The summed E-state index contributed by atoms with van der Waals surface area (Å²) in [6, 6.07) is 6.16. The predicted molar refractivity (Wildman–Crippen MR) is 79.1 cm³/mol. The van der Waals surface area contributed by atoms with Gasteiger partial charge in [0.25, 0.3) is 0 Å². The Kier molecular flexibility index (Phi) is 3.28. The van der Waals surface area contributed by atoms with E-state index in [2.05, 4.69) is 18.3 Å². The van der Waals surface area contributed by atoms with Gasteiger partial charge in [0.1, 0.15) is 11.3 Å². The molecule has 100 valence electrons. The maximum atomic E-state index is 5.46. The van der Waals surface area contributed by atoms with Gasteiger partial charge in [0.05, 0.1) is 7.11 Å². The van der Waals surface area contributed by atoms with Crippen LogP contribution in [0.4, 0.5) is 5.69 Å².